The van der Waals surface area contributed by atoms with E-state index in [0.717, 1.165) is 5.69 Å². The van der Waals surface area contributed by atoms with Crippen LogP contribution in [0.4, 0.5) is 11.4 Å². The Hall–Kier alpha value is -2.07. The lowest BCUT2D eigenvalue weighted by molar-refractivity contribution is -0.384. The average Bonchev–Trinajstić information content (AvgIpc) is 3.30. The predicted molar refractivity (Wildman–Crippen MR) is 83.6 cm³/mol. The maximum atomic E-state index is 10.8. The molecule has 0 amide bonds. The van der Waals surface area contributed by atoms with E-state index in [0.29, 0.717) is 5.92 Å². The topological polar surface area (TPSA) is 55.2 Å². The van der Waals surface area contributed by atoms with Gasteiger partial charge in [-0.1, -0.05) is 41.9 Å². The van der Waals surface area contributed by atoms with Crippen molar-refractivity contribution in [3.63, 3.8) is 0 Å². The highest BCUT2D eigenvalue weighted by atomic mass is 35.5. The quantitative estimate of drug-likeness (QED) is 0.637. The summed E-state index contributed by atoms with van der Waals surface area (Å²) in [6.07, 6.45) is 2.40. The van der Waals surface area contributed by atoms with Gasteiger partial charge in [0.15, 0.2) is 0 Å². The number of benzene rings is 2. The largest absolute Gasteiger partial charge is 0.378 e. The molecule has 0 radical (unpaired) electrons. The number of anilines is 1. The highest BCUT2D eigenvalue weighted by molar-refractivity contribution is 6.32. The van der Waals surface area contributed by atoms with Crippen molar-refractivity contribution in [2.75, 3.05) is 5.32 Å². The summed E-state index contributed by atoms with van der Waals surface area (Å²) in [5, 5.41) is 14.4. The Labute approximate surface area is 127 Å². The molecule has 5 heteroatoms. The molecule has 108 valence electrons. The Morgan fingerprint density at radius 2 is 1.90 bits per heavy atom. The first-order valence-corrected chi connectivity index (χ1v) is 7.28. The molecule has 1 unspecified atom stereocenters. The monoisotopic (exact) mass is 302 g/mol. The minimum Gasteiger partial charge on any atom is -0.378 e. The Kier molecular flexibility index (Phi) is 3.80. The van der Waals surface area contributed by atoms with Crippen molar-refractivity contribution >= 4 is 23.0 Å². The van der Waals surface area contributed by atoms with Gasteiger partial charge in [0, 0.05) is 11.8 Å². The van der Waals surface area contributed by atoms with E-state index < -0.39 is 4.92 Å². The fraction of sp³-hybridized carbons (Fsp3) is 0.250. The average molecular weight is 303 g/mol. The summed E-state index contributed by atoms with van der Waals surface area (Å²) < 4.78 is 0. The van der Waals surface area contributed by atoms with Gasteiger partial charge in [-0.05, 0) is 36.5 Å². The number of hydrogen-bond donors (Lipinski definition) is 1. The molecule has 1 aliphatic carbocycles. The maximum Gasteiger partial charge on any atom is 0.288 e. The van der Waals surface area contributed by atoms with Crippen LogP contribution >= 0.6 is 11.6 Å². The summed E-state index contributed by atoms with van der Waals surface area (Å²) in [6, 6.07) is 15.2. The highest BCUT2D eigenvalue weighted by Gasteiger charge is 2.32. The lowest BCUT2D eigenvalue weighted by Gasteiger charge is -2.20. The number of rotatable bonds is 5. The molecule has 1 fully saturated rings. The molecular formula is C16H15ClN2O2. The standard InChI is InChI=1S/C16H15ClN2O2/c17-14-10-13(8-9-15(14)19(20)21)18-16(12-6-7-12)11-4-2-1-3-5-11/h1-5,8-10,12,16,18H,6-7H2. The third-order valence-electron chi connectivity index (χ3n) is 3.72. The summed E-state index contributed by atoms with van der Waals surface area (Å²) in [5.41, 5.74) is 1.98. The number of nitro groups is 1. The molecule has 4 nitrogen and oxygen atoms in total. The fourth-order valence-corrected chi connectivity index (χ4v) is 2.74. The number of nitrogens with one attached hydrogen (secondary N) is 1. The first kappa shape index (κ1) is 13.9. The van der Waals surface area contributed by atoms with Gasteiger partial charge in [0.05, 0.1) is 11.0 Å². The van der Waals surface area contributed by atoms with Crippen LogP contribution in [-0.2, 0) is 0 Å². The molecule has 1 N–H and O–H groups in total. The first-order valence-electron chi connectivity index (χ1n) is 6.90. The third-order valence-corrected chi connectivity index (χ3v) is 4.02. The Bertz CT molecular complexity index is 657. The molecule has 0 heterocycles. The van der Waals surface area contributed by atoms with Crippen molar-refractivity contribution in [2.24, 2.45) is 5.92 Å². The lowest BCUT2D eigenvalue weighted by atomic mass is 10.0. The predicted octanol–water partition coefficient (Wildman–Crippen LogP) is 4.81. The van der Waals surface area contributed by atoms with E-state index in [9.17, 15) is 10.1 Å². The summed E-state index contributed by atoms with van der Waals surface area (Å²) in [6.45, 7) is 0. The first-order chi connectivity index (χ1) is 10.1. The van der Waals surface area contributed by atoms with Gasteiger partial charge in [-0.3, -0.25) is 10.1 Å². The fourth-order valence-electron chi connectivity index (χ4n) is 2.49. The van der Waals surface area contributed by atoms with E-state index in [-0.39, 0.29) is 16.8 Å². The van der Waals surface area contributed by atoms with Crippen molar-refractivity contribution in [3.05, 3.63) is 69.2 Å². The number of nitro benzene ring substituents is 1. The van der Waals surface area contributed by atoms with Gasteiger partial charge in [-0.2, -0.15) is 0 Å². The molecule has 3 rings (SSSR count). The second-order valence-electron chi connectivity index (χ2n) is 5.29. The normalized spacial score (nSPS) is 15.5. The van der Waals surface area contributed by atoms with Gasteiger partial charge >= 0.3 is 0 Å². The van der Waals surface area contributed by atoms with Gasteiger partial charge in [0.2, 0.25) is 0 Å². The zero-order valence-corrected chi connectivity index (χ0v) is 12.1. The van der Waals surface area contributed by atoms with E-state index in [1.54, 1.807) is 12.1 Å². The van der Waals surface area contributed by atoms with Gasteiger partial charge in [-0.25, -0.2) is 0 Å². The van der Waals surface area contributed by atoms with E-state index in [2.05, 4.69) is 17.4 Å². The molecule has 0 spiro atoms. The molecule has 21 heavy (non-hydrogen) atoms. The van der Waals surface area contributed by atoms with Crippen molar-refractivity contribution in [3.8, 4) is 0 Å². The second kappa shape index (κ2) is 5.74. The second-order valence-corrected chi connectivity index (χ2v) is 5.70. The van der Waals surface area contributed by atoms with Crippen LogP contribution in [0.25, 0.3) is 0 Å². The summed E-state index contributed by atoms with van der Waals surface area (Å²) in [4.78, 5) is 10.3. The zero-order valence-electron chi connectivity index (χ0n) is 11.3. The van der Waals surface area contributed by atoms with Crippen molar-refractivity contribution in [2.45, 2.75) is 18.9 Å². The summed E-state index contributed by atoms with van der Waals surface area (Å²) >= 11 is 5.97. The van der Waals surface area contributed by atoms with Crippen molar-refractivity contribution in [1.29, 1.82) is 0 Å². The van der Waals surface area contributed by atoms with Crippen molar-refractivity contribution < 1.29 is 4.92 Å². The number of nitrogens with zero attached hydrogens (tertiary/aromatic N) is 1. The van der Waals surface area contributed by atoms with Crippen LogP contribution in [0.5, 0.6) is 0 Å². The SMILES string of the molecule is O=[N+]([O-])c1ccc(NC(c2ccccc2)C2CC2)cc1Cl. The van der Waals surface area contributed by atoms with Crippen LogP contribution in [0.3, 0.4) is 0 Å². The molecule has 0 saturated heterocycles. The van der Waals surface area contributed by atoms with Crippen LogP contribution < -0.4 is 5.32 Å². The third kappa shape index (κ3) is 3.16. The molecule has 2 aromatic carbocycles. The van der Waals surface area contributed by atoms with Gasteiger partial charge < -0.3 is 5.32 Å². The summed E-state index contributed by atoms with van der Waals surface area (Å²) in [7, 11) is 0. The molecule has 1 atom stereocenters. The summed E-state index contributed by atoms with van der Waals surface area (Å²) in [5.74, 6) is 0.612. The van der Waals surface area contributed by atoms with Crippen LogP contribution in [0.1, 0.15) is 24.4 Å². The lowest BCUT2D eigenvalue weighted by Crippen LogP contribution is -2.12. The van der Waals surface area contributed by atoms with E-state index in [1.165, 1.54) is 24.5 Å². The molecule has 1 aliphatic rings. The molecule has 2 aromatic rings. The van der Waals surface area contributed by atoms with E-state index in [1.807, 2.05) is 18.2 Å². The molecular weight excluding hydrogens is 288 g/mol. The molecule has 1 saturated carbocycles. The van der Waals surface area contributed by atoms with Crippen LogP contribution in [0.2, 0.25) is 5.02 Å². The zero-order chi connectivity index (χ0) is 14.8. The van der Waals surface area contributed by atoms with Gasteiger partial charge in [-0.15, -0.1) is 0 Å². The molecule has 0 aromatic heterocycles. The Morgan fingerprint density at radius 3 is 2.48 bits per heavy atom. The Morgan fingerprint density at radius 1 is 1.19 bits per heavy atom. The minimum atomic E-state index is -0.471. The van der Waals surface area contributed by atoms with E-state index in [4.69, 9.17) is 11.6 Å². The van der Waals surface area contributed by atoms with Gasteiger partial charge in [0.25, 0.3) is 5.69 Å². The number of hydrogen-bond acceptors (Lipinski definition) is 3. The minimum absolute atomic E-state index is 0.0649. The highest BCUT2D eigenvalue weighted by Crippen LogP contribution is 2.43. The van der Waals surface area contributed by atoms with Crippen LogP contribution in [0, 0.1) is 16.0 Å². The Balaban J connectivity index is 1.84. The smallest absolute Gasteiger partial charge is 0.288 e. The van der Waals surface area contributed by atoms with Gasteiger partial charge in [0.1, 0.15) is 5.02 Å². The number of halogens is 1. The molecule has 0 bridgehead atoms. The van der Waals surface area contributed by atoms with Crippen LogP contribution in [0.15, 0.2) is 48.5 Å². The van der Waals surface area contributed by atoms with Crippen LogP contribution in [-0.4, -0.2) is 4.92 Å². The molecule has 0 aliphatic heterocycles. The van der Waals surface area contributed by atoms with Crippen molar-refractivity contribution in [1.82, 2.24) is 0 Å². The van der Waals surface area contributed by atoms with E-state index >= 15 is 0 Å². The maximum absolute atomic E-state index is 10.8.